The third-order valence-electron chi connectivity index (χ3n) is 5.21. The Morgan fingerprint density at radius 3 is 2.19 bits per heavy atom. The first-order chi connectivity index (χ1) is 12.8. The Balaban J connectivity index is 1.64. The molecule has 1 heterocycles. The van der Waals surface area contributed by atoms with E-state index in [1.807, 2.05) is 0 Å². The zero-order valence-electron chi connectivity index (χ0n) is 17.4. The van der Waals surface area contributed by atoms with E-state index >= 15 is 0 Å². The van der Waals surface area contributed by atoms with Crippen molar-refractivity contribution in [3.63, 3.8) is 0 Å². The number of anilines is 2. The molecule has 0 aliphatic carbocycles. The topological polar surface area (TPSA) is 61.4 Å². The van der Waals surface area contributed by atoms with E-state index in [0.717, 1.165) is 56.4 Å². The molecule has 1 aromatic rings. The van der Waals surface area contributed by atoms with Gasteiger partial charge in [-0.2, -0.15) is 0 Å². The van der Waals surface area contributed by atoms with Gasteiger partial charge in [-0.25, -0.2) is 13.1 Å². The van der Waals surface area contributed by atoms with Gasteiger partial charge in [-0.15, -0.1) is 0 Å². The highest BCUT2D eigenvalue weighted by molar-refractivity contribution is 7.90. The minimum atomic E-state index is -3.12. The maximum atomic E-state index is 11.7. The third kappa shape index (κ3) is 7.34. The molecule has 154 valence electrons. The quantitative estimate of drug-likeness (QED) is 0.586. The van der Waals surface area contributed by atoms with Crippen LogP contribution in [0.4, 0.5) is 11.4 Å². The molecular formula is C21H37N3O2S. The number of nitrogens with zero attached hydrogens (tertiary/aromatic N) is 1. The molecule has 1 aromatic carbocycles. The molecule has 1 saturated heterocycles. The van der Waals surface area contributed by atoms with Crippen LogP contribution in [-0.2, 0) is 10.0 Å². The third-order valence-corrected chi connectivity index (χ3v) is 7.06. The van der Waals surface area contributed by atoms with E-state index in [2.05, 4.69) is 53.1 Å². The molecule has 5 nitrogen and oxygen atoms in total. The number of rotatable bonds is 10. The van der Waals surface area contributed by atoms with Gasteiger partial charge in [0.25, 0.3) is 0 Å². The number of nitrogens with one attached hydrogen (secondary N) is 2. The van der Waals surface area contributed by atoms with Gasteiger partial charge in [-0.1, -0.05) is 20.3 Å². The minimum Gasteiger partial charge on any atom is -0.385 e. The summed E-state index contributed by atoms with van der Waals surface area (Å²) in [6.45, 7) is 11.8. The van der Waals surface area contributed by atoms with E-state index in [9.17, 15) is 8.42 Å². The van der Waals surface area contributed by atoms with Gasteiger partial charge in [0.1, 0.15) is 0 Å². The lowest BCUT2D eigenvalue weighted by Crippen LogP contribution is -2.38. The van der Waals surface area contributed by atoms with Crippen LogP contribution in [0.25, 0.3) is 0 Å². The van der Waals surface area contributed by atoms with Gasteiger partial charge in [0.15, 0.2) is 0 Å². The zero-order valence-corrected chi connectivity index (χ0v) is 18.2. The van der Waals surface area contributed by atoms with E-state index in [4.69, 9.17) is 0 Å². The van der Waals surface area contributed by atoms with Crippen molar-refractivity contribution in [3.8, 4) is 0 Å². The summed E-state index contributed by atoms with van der Waals surface area (Å²) in [6, 6.07) is 8.76. The number of unbranched alkanes of at least 4 members (excludes halogenated alkanes) is 2. The predicted molar refractivity (Wildman–Crippen MR) is 116 cm³/mol. The maximum absolute atomic E-state index is 11.7. The summed E-state index contributed by atoms with van der Waals surface area (Å²) in [5.74, 6) is 1.52. The SMILES string of the molecule is CC1CC(C)CN(c2ccc(NCCCCCNS(=O)(=O)C(C)C)cc2)C1. The Morgan fingerprint density at radius 1 is 1.00 bits per heavy atom. The van der Waals surface area contributed by atoms with Gasteiger partial charge in [-0.3, -0.25) is 0 Å². The summed E-state index contributed by atoms with van der Waals surface area (Å²) in [7, 11) is -3.12. The van der Waals surface area contributed by atoms with Crippen LogP contribution in [0.1, 0.15) is 53.4 Å². The van der Waals surface area contributed by atoms with Crippen LogP contribution in [0.3, 0.4) is 0 Å². The zero-order chi connectivity index (χ0) is 19.9. The van der Waals surface area contributed by atoms with Crippen LogP contribution in [0.5, 0.6) is 0 Å². The fraction of sp³-hybridized carbons (Fsp3) is 0.714. The Kier molecular flexibility index (Phi) is 8.42. The first kappa shape index (κ1) is 22.0. The van der Waals surface area contributed by atoms with Gasteiger partial charge in [0, 0.05) is 37.6 Å². The molecular weight excluding hydrogens is 358 g/mol. The molecule has 0 spiro atoms. The molecule has 0 radical (unpaired) electrons. The van der Waals surface area contributed by atoms with Gasteiger partial charge in [0.2, 0.25) is 10.0 Å². The van der Waals surface area contributed by atoms with Crippen molar-refractivity contribution in [1.29, 1.82) is 0 Å². The Morgan fingerprint density at radius 2 is 1.59 bits per heavy atom. The Labute approximate surface area is 166 Å². The van der Waals surface area contributed by atoms with E-state index < -0.39 is 10.0 Å². The lowest BCUT2D eigenvalue weighted by atomic mass is 9.91. The van der Waals surface area contributed by atoms with Crippen LogP contribution >= 0.6 is 0 Å². The number of benzene rings is 1. The molecule has 2 unspecified atom stereocenters. The van der Waals surface area contributed by atoms with E-state index in [1.165, 1.54) is 12.1 Å². The summed E-state index contributed by atoms with van der Waals surface area (Å²) in [5, 5.41) is 3.10. The average molecular weight is 396 g/mol. The van der Waals surface area contributed by atoms with Gasteiger partial charge < -0.3 is 10.2 Å². The second kappa shape index (κ2) is 10.3. The van der Waals surface area contributed by atoms with Gasteiger partial charge >= 0.3 is 0 Å². The highest BCUT2D eigenvalue weighted by atomic mass is 32.2. The van der Waals surface area contributed by atoms with Crippen LogP contribution in [0, 0.1) is 11.8 Å². The lowest BCUT2D eigenvalue weighted by molar-refractivity contribution is 0.357. The second-order valence-corrected chi connectivity index (χ2v) is 10.7. The van der Waals surface area contributed by atoms with Gasteiger partial charge in [-0.05, 0) is 69.2 Å². The monoisotopic (exact) mass is 395 g/mol. The largest absolute Gasteiger partial charge is 0.385 e. The normalized spacial score (nSPS) is 20.9. The molecule has 1 fully saturated rings. The van der Waals surface area contributed by atoms with Gasteiger partial charge in [0.05, 0.1) is 5.25 Å². The van der Waals surface area contributed by atoms with Crippen molar-refractivity contribution in [1.82, 2.24) is 4.72 Å². The van der Waals surface area contributed by atoms with Crippen LogP contribution < -0.4 is 14.9 Å². The molecule has 0 bridgehead atoms. The van der Waals surface area contributed by atoms with Crippen LogP contribution in [0.2, 0.25) is 0 Å². The molecule has 1 aliphatic heterocycles. The fourth-order valence-electron chi connectivity index (χ4n) is 3.70. The molecule has 2 N–H and O–H groups in total. The summed E-state index contributed by atoms with van der Waals surface area (Å²) in [6.07, 6.45) is 4.24. The van der Waals surface area contributed by atoms with Crippen molar-refractivity contribution in [3.05, 3.63) is 24.3 Å². The fourth-order valence-corrected chi connectivity index (χ4v) is 4.47. The first-order valence-corrected chi connectivity index (χ1v) is 11.9. The standard InChI is InChI=1S/C21H37N3O2S/c1-17(2)27(25,26)23-13-7-5-6-12-22-20-8-10-21(11-9-20)24-15-18(3)14-19(4)16-24/h8-11,17-19,22-23H,5-7,12-16H2,1-4H3. The molecule has 6 heteroatoms. The summed E-state index contributed by atoms with van der Waals surface area (Å²) >= 11 is 0. The van der Waals surface area contributed by atoms with Crippen molar-refractivity contribution in [2.75, 3.05) is 36.4 Å². The highest BCUT2D eigenvalue weighted by Crippen LogP contribution is 2.27. The summed E-state index contributed by atoms with van der Waals surface area (Å²) < 4.78 is 26.0. The van der Waals surface area contributed by atoms with Crippen LogP contribution in [0.15, 0.2) is 24.3 Å². The molecule has 0 aromatic heterocycles. The number of hydrogen-bond donors (Lipinski definition) is 2. The number of hydrogen-bond acceptors (Lipinski definition) is 4. The second-order valence-electron chi connectivity index (χ2n) is 8.37. The summed E-state index contributed by atoms with van der Waals surface area (Å²) in [5.41, 5.74) is 2.47. The molecule has 2 atom stereocenters. The maximum Gasteiger partial charge on any atom is 0.213 e. The number of sulfonamides is 1. The van der Waals surface area contributed by atoms with E-state index in [0.29, 0.717) is 6.54 Å². The molecule has 0 amide bonds. The molecule has 27 heavy (non-hydrogen) atoms. The van der Waals surface area contributed by atoms with Crippen molar-refractivity contribution < 1.29 is 8.42 Å². The first-order valence-electron chi connectivity index (χ1n) is 10.4. The van der Waals surface area contributed by atoms with Crippen LogP contribution in [-0.4, -0.2) is 39.8 Å². The van der Waals surface area contributed by atoms with Crippen molar-refractivity contribution in [2.45, 2.75) is 58.6 Å². The Hall–Kier alpha value is -1.27. The highest BCUT2D eigenvalue weighted by Gasteiger charge is 2.21. The summed E-state index contributed by atoms with van der Waals surface area (Å²) in [4.78, 5) is 2.50. The lowest BCUT2D eigenvalue weighted by Gasteiger charge is -2.36. The van der Waals surface area contributed by atoms with E-state index in [1.54, 1.807) is 13.8 Å². The predicted octanol–water partition coefficient (Wildman–Crippen LogP) is 4.08. The van der Waals surface area contributed by atoms with Crippen molar-refractivity contribution in [2.24, 2.45) is 11.8 Å². The Bertz CT molecular complexity index is 649. The molecule has 0 saturated carbocycles. The smallest absolute Gasteiger partial charge is 0.213 e. The average Bonchev–Trinajstić information content (AvgIpc) is 2.60. The van der Waals surface area contributed by atoms with Crippen molar-refractivity contribution >= 4 is 21.4 Å². The number of piperidine rings is 1. The molecule has 2 rings (SSSR count). The van der Waals surface area contributed by atoms with E-state index in [-0.39, 0.29) is 5.25 Å². The molecule has 1 aliphatic rings. The minimum absolute atomic E-state index is 0.363.